The minimum absolute atomic E-state index is 0.0907. The van der Waals surface area contributed by atoms with E-state index < -0.39 is 0 Å². The SMILES string of the molecule is CCc1ccsc1CNC(c1ccccc1)c1ccco1. The lowest BCUT2D eigenvalue weighted by molar-refractivity contribution is 0.446. The van der Waals surface area contributed by atoms with Gasteiger partial charge in [-0.25, -0.2) is 0 Å². The molecule has 1 N–H and O–H groups in total. The Bertz CT molecular complexity index is 658. The normalized spacial score (nSPS) is 12.4. The van der Waals surface area contributed by atoms with Gasteiger partial charge in [-0.1, -0.05) is 37.3 Å². The molecule has 0 aliphatic carbocycles. The minimum atomic E-state index is 0.0907. The van der Waals surface area contributed by atoms with Crippen molar-refractivity contribution in [1.29, 1.82) is 0 Å². The third-order valence-corrected chi connectivity index (χ3v) is 4.61. The van der Waals surface area contributed by atoms with E-state index in [1.165, 1.54) is 16.0 Å². The lowest BCUT2D eigenvalue weighted by Crippen LogP contribution is -2.21. The molecule has 2 heterocycles. The molecule has 0 aliphatic rings. The molecule has 0 spiro atoms. The van der Waals surface area contributed by atoms with E-state index in [-0.39, 0.29) is 6.04 Å². The predicted molar refractivity (Wildman–Crippen MR) is 87.5 cm³/mol. The van der Waals surface area contributed by atoms with Crippen LogP contribution in [0.25, 0.3) is 0 Å². The van der Waals surface area contributed by atoms with E-state index in [4.69, 9.17) is 4.42 Å². The number of thiophene rings is 1. The number of benzene rings is 1. The zero-order valence-electron chi connectivity index (χ0n) is 12.1. The number of hydrogen-bond donors (Lipinski definition) is 1. The molecular weight excluding hydrogens is 278 g/mol. The molecule has 1 atom stereocenters. The van der Waals surface area contributed by atoms with E-state index in [2.05, 4.69) is 48.0 Å². The maximum Gasteiger partial charge on any atom is 0.125 e. The Labute approximate surface area is 129 Å². The van der Waals surface area contributed by atoms with Crippen LogP contribution in [0, 0.1) is 0 Å². The Hall–Kier alpha value is -1.84. The lowest BCUT2D eigenvalue weighted by atomic mass is 10.0. The van der Waals surface area contributed by atoms with Crippen LogP contribution in [0.3, 0.4) is 0 Å². The van der Waals surface area contributed by atoms with Gasteiger partial charge in [0.25, 0.3) is 0 Å². The van der Waals surface area contributed by atoms with Crippen LogP contribution in [0.15, 0.2) is 64.6 Å². The molecule has 21 heavy (non-hydrogen) atoms. The van der Waals surface area contributed by atoms with E-state index in [0.29, 0.717) is 0 Å². The molecule has 0 fully saturated rings. The van der Waals surface area contributed by atoms with Gasteiger partial charge in [0, 0.05) is 11.4 Å². The van der Waals surface area contributed by atoms with Gasteiger partial charge in [-0.2, -0.15) is 0 Å². The average molecular weight is 297 g/mol. The summed E-state index contributed by atoms with van der Waals surface area (Å²) in [6.07, 6.45) is 2.81. The average Bonchev–Trinajstić information content (AvgIpc) is 3.20. The van der Waals surface area contributed by atoms with E-state index in [0.717, 1.165) is 18.7 Å². The smallest absolute Gasteiger partial charge is 0.125 e. The number of furan rings is 1. The molecule has 2 nitrogen and oxygen atoms in total. The van der Waals surface area contributed by atoms with Crippen molar-refractivity contribution in [3.05, 3.63) is 81.9 Å². The molecule has 1 unspecified atom stereocenters. The fourth-order valence-electron chi connectivity index (χ4n) is 2.52. The molecule has 3 aromatic rings. The van der Waals surface area contributed by atoms with Crippen LogP contribution in [-0.4, -0.2) is 0 Å². The molecular formula is C18H19NOS. The third-order valence-electron chi connectivity index (χ3n) is 3.65. The summed E-state index contributed by atoms with van der Waals surface area (Å²) in [4.78, 5) is 1.41. The summed E-state index contributed by atoms with van der Waals surface area (Å²) in [5, 5.41) is 5.80. The van der Waals surface area contributed by atoms with Crippen LogP contribution in [-0.2, 0) is 13.0 Å². The van der Waals surface area contributed by atoms with Gasteiger partial charge in [0.1, 0.15) is 5.76 Å². The summed E-state index contributed by atoms with van der Waals surface area (Å²) < 4.78 is 5.62. The molecule has 0 saturated carbocycles. The summed E-state index contributed by atoms with van der Waals surface area (Å²) >= 11 is 1.82. The van der Waals surface area contributed by atoms with Gasteiger partial charge in [0.05, 0.1) is 12.3 Å². The van der Waals surface area contributed by atoms with Crippen molar-refractivity contribution in [3.8, 4) is 0 Å². The molecule has 0 saturated heterocycles. The van der Waals surface area contributed by atoms with Gasteiger partial charge in [-0.15, -0.1) is 11.3 Å². The quantitative estimate of drug-likeness (QED) is 0.708. The molecule has 0 radical (unpaired) electrons. The van der Waals surface area contributed by atoms with Crippen LogP contribution in [0.4, 0.5) is 0 Å². The topological polar surface area (TPSA) is 25.2 Å². The second-order valence-corrected chi connectivity index (χ2v) is 5.96. The van der Waals surface area contributed by atoms with E-state index in [1.54, 1.807) is 6.26 Å². The van der Waals surface area contributed by atoms with Crippen LogP contribution < -0.4 is 5.32 Å². The second kappa shape index (κ2) is 6.74. The molecule has 3 heteroatoms. The fourth-order valence-corrected chi connectivity index (χ4v) is 3.44. The number of rotatable bonds is 6. The Morgan fingerprint density at radius 3 is 2.67 bits per heavy atom. The highest BCUT2D eigenvalue weighted by Gasteiger charge is 2.16. The summed E-state index contributed by atoms with van der Waals surface area (Å²) in [6, 6.07) is 16.7. The number of nitrogens with one attached hydrogen (secondary N) is 1. The van der Waals surface area contributed by atoms with Crippen molar-refractivity contribution < 1.29 is 4.42 Å². The Morgan fingerprint density at radius 1 is 1.10 bits per heavy atom. The highest BCUT2D eigenvalue weighted by Crippen LogP contribution is 2.24. The van der Waals surface area contributed by atoms with Crippen molar-refractivity contribution in [2.75, 3.05) is 0 Å². The standard InChI is InChI=1S/C18H19NOS/c1-2-14-10-12-21-17(14)13-19-18(16-9-6-11-20-16)15-7-4-3-5-8-15/h3-12,18-19H,2,13H2,1H3. The monoisotopic (exact) mass is 297 g/mol. The van der Waals surface area contributed by atoms with E-state index in [1.807, 2.05) is 29.5 Å². The van der Waals surface area contributed by atoms with Gasteiger partial charge in [-0.3, -0.25) is 5.32 Å². The Morgan fingerprint density at radius 2 is 1.95 bits per heavy atom. The molecule has 3 rings (SSSR count). The van der Waals surface area contributed by atoms with E-state index in [9.17, 15) is 0 Å². The maximum atomic E-state index is 5.62. The second-order valence-electron chi connectivity index (χ2n) is 4.96. The number of hydrogen-bond acceptors (Lipinski definition) is 3. The lowest BCUT2D eigenvalue weighted by Gasteiger charge is -2.17. The predicted octanol–water partition coefficient (Wildman–Crippen LogP) is 4.78. The minimum Gasteiger partial charge on any atom is -0.467 e. The molecule has 108 valence electrons. The first-order valence-electron chi connectivity index (χ1n) is 7.25. The van der Waals surface area contributed by atoms with Gasteiger partial charge in [-0.05, 0) is 41.1 Å². The van der Waals surface area contributed by atoms with Crippen molar-refractivity contribution in [2.24, 2.45) is 0 Å². The first-order valence-corrected chi connectivity index (χ1v) is 8.13. The van der Waals surface area contributed by atoms with Gasteiger partial charge < -0.3 is 4.42 Å². The molecule has 2 aromatic heterocycles. The highest BCUT2D eigenvalue weighted by molar-refractivity contribution is 7.10. The first-order chi connectivity index (χ1) is 10.4. The van der Waals surface area contributed by atoms with Gasteiger partial charge in [0.2, 0.25) is 0 Å². The number of aryl methyl sites for hydroxylation is 1. The van der Waals surface area contributed by atoms with Crippen LogP contribution >= 0.6 is 11.3 Å². The summed E-state index contributed by atoms with van der Waals surface area (Å²) in [5.41, 5.74) is 2.65. The largest absolute Gasteiger partial charge is 0.467 e. The molecule has 0 amide bonds. The zero-order valence-corrected chi connectivity index (χ0v) is 12.9. The van der Waals surface area contributed by atoms with Crippen molar-refractivity contribution >= 4 is 11.3 Å². The zero-order chi connectivity index (χ0) is 14.5. The van der Waals surface area contributed by atoms with Crippen LogP contribution in [0.2, 0.25) is 0 Å². The van der Waals surface area contributed by atoms with Gasteiger partial charge in [0.15, 0.2) is 0 Å². The molecule has 1 aromatic carbocycles. The summed E-state index contributed by atoms with van der Waals surface area (Å²) in [6.45, 7) is 3.06. The Kier molecular flexibility index (Phi) is 4.53. The first kappa shape index (κ1) is 14.1. The van der Waals surface area contributed by atoms with Crippen molar-refractivity contribution in [1.82, 2.24) is 5.32 Å². The van der Waals surface area contributed by atoms with E-state index >= 15 is 0 Å². The van der Waals surface area contributed by atoms with Crippen LogP contribution in [0.1, 0.15) is 34.7 Å². The fraction of sp³-hybridized carbons (Fsp3) is 0.222. The molecule has 0 aliphatic heterocycles. The van der Waals surface area contributed by atoms with Crippen molar-refractivity contribution in [3.63, 3.8) is 0 Å². The van der Waals surface area contributed by atoms with Crippen molar-refractivity contribution in [2.45, 2.75) is 25.9 Å². The van der Waals surface area contributed by atoms with Gasteiger partial charge >= 0.3 is 0 Å². The molecule has 0 bridgehead atoms. The Balaban J connectivity index is 1.80. The summed E-state index contributed by atoms with van der Waals surface area (Å²) in [5.74, 6) is 0.954. The summed E-state index contributed by atoms with van der Waals surface area (Å²) in [7, 11) is 0. The maximum absolute atomic E-state index is 5.62. The van der Waals surface area contributed by atoms with Crippen LogP contribution in [0.5, 0.6) is 0 Å². The highest BCUT2D eigenvalue weighted by atomic mass is 32.1. The third kappa shape index (κ3) is 3.26.